The lowest BCUT2D eigenvalue weighted by Gasteiger charge is -1.93. The second-order valence-corrected chi connectivity index (χ2v) is 3.98. The predicted molar refractivity (Wildman–Crippen MR) is 60.1 cm³/mol. The van der Waals surface area contributed by atoms with Crippen LogP contribution in [0.1, 0.15) is 11.8 Å². The van der Waals surface area contributed by atoms with E-state index in [9.17, 15) is 4.39 Å². The molecule has 4 heteroatoms. The molecule has 0 bridgehead atoms. The summed E-state index contributed by atoms with van der Waals surface area (Å²) in [5.41, 5.74) is 0.824. The van der Waals surface area contributed by atoms with E-state index >= 15 is 0 Å². The quantitative estimate of drug-likeness (QED) is 0.773. The monoisotopic (exact) mass is 220 g/mol. The van der Waals surface area contributed by atoms with Crippen LogP contribution in [0, 0.1) is 0 Å². The van der Waals surface area contributed by atoms with Gasteiger partial charge >= 0.3 is 0 Å². The molecule has 0 atom stereocenters. The fourth-order valence-corrected chi connectivity index (χ4v) is 2.13. The Bertz CT molecular complexity index is 476. The summed E-state index contributed by atoms with van der Waals surface area (Å²) in [4.78, 5) is 9.52. The number of allylic oxidation sites excluding steroid dienone is 1. The van der Waals surface area contributed by atoms with Gasteiger partial charge < -0.3 is 0 Å². The zero-order chi connectivity index (χ0) is 10.7. The van der Waals surface area contributed by atoms with Gasteiger partial charge in [0.2, 0.25) is 0 Å². The molecule has 0 aromatic carbocycles. The number of rotatable bonds is 2. The van der Waals surface area contributed by atoms with Gasteiger partial charge in [-0.05, 0) is 25.1 Å². The van der Waals surface area contributed by atoms with Crippen molar-refractivity contribution < 1.29 is 4.39 Å². The fraction of sp³-hybridized carbons (Fsp3) is 0.0909. The zero-order valence-electron chi connectivity index (χ0n) is 8.14. The van der Waals surface area contributed by atoms with Crippen LogP contribution in [0.15, 0.2) is 36.8 Å². The Morgan fingerprint density at radius 1 is 1.40 bits per heavy atom. The molecular formula is C11H9FN2S. The molecule has 0 aliphatic carbocycles. The summed E-state index contributed by atoms with van der Waals surface area (Å²) >= 11 is 1.39. The molecule has 2 rings (SSSR count). The Hall–Kier alpha value is -1.55. The number of thiophene rings is 1. The number of hydrogen-bond donors (Lipinski definition) is 0. The lowest BCUT2D eigenvalue weighted by molar-refractivity contribution is 0.762. The maximum absolute atomic E-state index is 13.2. The first-order chi connectivity index (χ1) is 7.31. The summed E-state index contributed by atoms with van der Waals surface area (Å²) in [6, 6.07) is 5.44. The van der Waals surface area contributed by atoms with Crippen LogP contribution in [0.5, 0.6) is 0 Å². The smallest absolute Gasteiger partial charge is 0.136 e. The van der Waals surface area contributed by atoms with Crippen molar-refractivity contribution in [3.63, 3.8) is 0 Å². The van der Waals surface area contributed by atoms with Gasteiger partial charge in [0.15, 0.2) is 0 Å². The average molecular weight is 220 g/mol. The predicted octanol–water partition coefficient (Wildman–Crippen LogP) is 3.54. The van der Waals surface area contributed by atoms with Gasteiger partial charge in [0.1, 0.15) is 12.2 Å². The molecule has 0 aliphatic rings. The van der Waals surface area contributed by atoms with Crippen molar-refractivity contribution in [1.29, 1.82) is 0 Å². The molecule has 0 saturated heterocycles. The van der Waals surface area contributed by atoms with Gasteiger partial charge in [0, 0.05) is 6.20 Å². The summed E-state index contributed by atoms with van der Waals surface area (Å²) < 4.78 is 13.2. The molecule has 2 aromatic rings. The second kappa shape index (κ2) is 4.31. The van der Waals surface area contributed by atoms with Crippen LogP contribution in [0.25, 0.3) is 16.4 Å². The van der Waals surface area contributed by atoms with Gasteiger partial charge in [-0.25, -0.2) is 14.4 Å². The Morgan fingerprint density at radius 2 is 2.27 bits per heavy atom. The third kappa shape index (κ3) is 2.10. The first-order valence-corrected chi connectivity index (χ1v) is 5.31. The van der Waals surface area contributed by atoms with Crippen molar-refractivity contribution in [2.24, 2.45) is 0 Å². The van der Waals surface area contributed by atoms with Crippen molar-refractivity contribution in [3.8, 4) is 10.6 Å². The Labute approximate surface area is 91.1 Å². The summed E-state index contributed by atoms with van der Waals surface area (Å²) in [7, 11) is 0. The van der Waals surface area contributed by atoms with Gasteiger partial charge in [-0.2, -0.15) is 0 Å². The van der Waals surface area contributed by atoms with E-state index in [1.54, 1.807) is 19.2 Å². The van der Waals surface area contributed by atoms with Gasteiger partial charge in [-0.1, -0.05) is 6.08 Å². The van der Waals surface area contributed by atoms with E-state index in [2.05, 4.69) is 9.97 Å². The first kappa shape index (κ1) is 9.98. The summed E-state index contributed by atoms with van der Waals surface area (Å²) in [6.07, 6.45) is 4.62. The third-order valence-corrected chi connectivity index (χ3v) is 3.05. The maximum Gasteiger partial charge on any atom is 0.136 e. The van der Waals surface area contributed by atoms with Crippen molar-refractivity contribution in [2.45, 2.75) is 6.92 Å². The first-order valence-electron chi connectivity index (χ1n) is 4.49. The summed E-state index contributed by atoms with van der Waals surface area (Å²) in [5, 5.41) is 0. The average Bonchev–Trinajstić information content (AvgIpc) is 2.78. The minimum atomic E-state index is -0.194. The van der Waals surface area contributed by atoms with E-state index in [1.165, 1.54) is 23.7 Å². The van der Waals surface area contributed by atoms with Crippen molar-refractivity contribution in [3.05, 3.63) is 41.7 Å². The van der Waals surface area contributed by atoms with Crippen molar-refractivity contribution >= 4 is 17.2 Å². The second-order valence-electron chi connectivity index (χ2n) is 2.90. The van der Waals surface area contributed by atoms with Crippen LogP contribution in [0.4, 0.5) is 4.39 Å². The molecule has 2 heterocycles. The highest BCUT2D eigenvalue weighted by atomic mass is 32.1. The van der Waals surface area contributed by atoms with E-state index in [-0.39, 0.29) is 5.83 Å². The standard InChI is InChI=1S/C11H9FN2S/c1-2-8(12)10-3-4-11(15-10)9-5-6-13-7-14-9/h2-7H,1H3/b8-2+. The molecule has 2 nitrogen and oxygen atoms in total. The minimum absolute atomic E-state index is 0.194. The summed E-state index contributed by atoms with van der Waals surface area (Å²) in [6.45, 7) is 1.68. The molecule has 0 aliphatic heterocycles. The van der Waals surface area contributed by atoms with Crippen LogP contribution in [-0.4, -0.2) is 9.97 Å². The van der Waals surface area contributed by atoms with E-state index in [1.807, 2.05) is 12.1 Å². The van der Waals surface area contributed by atoms with Gasteiger partial charge in [0.25, 0.3) is 0 Å². The maximum atomic E-state index is 13.2. The molecule has 0 fully saturated rings. The van der Waals surface area contributed by atoms with E-state index in [0.29, 0.717) is 4.88 Å². The van der Waals surface area contributed by atoms with E-state index in [0.717, 1.165) is 10.6 Å². The molecule has 0 unspecified atom stereocenters. The van der Waals surface area contributed by atoms with Crippen LogP contribution < -0.4 is 0 Å². The van der Waals surface area contributed by atoms with Gasteiger partial charge in [0.05, 0.1) is 15.4 Å². The van der Waals surface area contributed by atoms with Crippen LogP contribution in [0.2, 0.25) is 0 Å². The molecule has 76 valence electrons. The normalized spacial score (nSPS) is 11.7. The van der Waals surface area contributed by atoms with E-state index in [4.69, 9.17) is 0 Å². The number of halogens is 1. The Morgan fingerprint density at radius 3 is 2.93 bits per heavy atom. The minimum Gasteiger partial charge on any atom is -0.245 e. The zero-order valence-corrected chi connectivity index (χ0v) is 8.96. The largest absolute Gasteiger partial charge is 0.245 e. The van der Waals surface area contributed by atoms with Crippen molar-refractivity contribution in [2.75, 3.05) is 0 Å². The fourth-order valence-electron chi connectivity index (χ4n) is 1.18. The number of nitrogens with zero attached hydrogens (tertiary/aromatic N) is 2. The molecule has 0 saturated carbocycles. The molecule has 0 radical (unpaired) electrons. The summed E-state index contributed by atoms with van der Waals surface area (Å²) in [5.74, 6) is -0.194. The highest BCUT2D eigenvalue weighted by Gasteiger charge is 2.06. The Kier molecular flexibility index (Phi) is 2.87. The molecule has 15 heavy (non-hydrogen) atoms. The van der Waals surface area contributed by atoms with E-state index < -0.39 is 0 Å². The molecule has 0 N–H and O–H groups in total. The number of aromatic nitrogens is 2. The van der Waals surface area contributed by atoms with Crippen LogP contribution in [-0.2, 0) is 0 Å². The topological polar surface area (TPSA) is 25.8 Å². The molecule has 0 amide bonds. The van der Waals surface area contributed by atoms with Crippen LogP contribution >= 0.6 is 11.3 Å². The third-order valence-electron chi connectivity index (χ3n) is 1.93. The number of hydrogen-bond acceptors (Lipinski definition) is 3. The highest BCUT2D eigenvalue weighted by Crippen LogP contribution is 2.30. The highest BCUT2D eigenvalue weighted by molar-refractivity contribution is 7.16. The van der Waals surface area contributed by atoms with Gasteiger partial charge in [-0.3, -0.25) is 0 Å². The van der Waals surface area contributed by atoms with Crippen molar-refractivity contribution in [1.82, 2.24) is 9.97 Å². The SMILES string of the molecule is C/C=C(/F)c1ccc(-c2ccncn2)s1. The molecular weight excluding hydrogens is 211 g/mol. The molecule has 0 spiro atoms. The lowest BCUT2D eigenvalue weighted by atomic mass is 10.3. The van der Waals surface area contributed by atoms with Crippen LogP contribution in [0.3, 0.4) is 0 Å². The Balaban J connectivity index is 2.36. The van der Waals surface area contributed by atoms with Gasteiger partial charge in [-0.15, -0.1) is 11.3 Å². The lowest BCUT2D eigenvalue weighted by Crippen LogP contribution is -1.79. The molecule has 2 aromatic heterocycles.